The zero-order chi connectivity index (χ0) is 12.7. The van der Waals surface area contributed by atoms with Crippen LogP contribution in [0.25, 0.3) is 0 Å². The van der Waals surface area contributed by atoms with Gasteiger partial charge in [0.05, 0.1) is 6.61 Å². The van der Waals surface area contributed by atoms with Gasteiger partial charge in [-0.2, -0.15) is 0 Å². The molecule has 0 aromatic carbocycles. The van der Waals surface area contributed by atoms with E-state index >= 15 is 0 Å². The third-order valence-electron chi connectivity index (χ3n) is 1.82. The van der Waals surface area contributed by atoms with Crippen molar-refractivity contribution in [2.45, 2.75) is 18.9 Å². The summed E-state index contributed by atoms with van der Waals surface area (Å²) in [4.78, 5) is 31.2. The highest BCUT2D eigenvalue weighted by molar-refractivity contribution is 5.92. The van der Waals surface area contributed by atoms with Crippen LogP contribution in [-0.2, 0) is 9.59 Å². The normalized spacial score (nSPS) is 16.4. The molecule has 0 spiro atoms. The summed E-state index contributed by atoms with van der Waals surface area (Å²) < 4.78 is 0. The fourth-order valence-corrected chi connectivity index (χ4v) is 0.928. The molecule has 5 N–H and O–H groups in total. The predicted molar refractivity (Wildman–Crippen MR) is 51.7 cm³/mol. The van der Waals surface area contributed by atoms with Crippen molar-refractivity contribution in [3.05, 3.63) is 0 Å². The van der Waals surface area contributed by atoms with Crippen molar-refractivity contribution in [3.8, 4) is 0 Å². The molecule has 0 radical (unpaired) electrons. The van der Waals surface area contributed by atoms with Crippen LogP contribution in [0.2, 0.25) is 0 Å². The monoisotopic (exact) mass is 234 g/mol. The number of carboxylic acid groups (broad SMARTS) is 2. The SMILES string of the molecule is NC(CO)C(=O)O.O=C(O)N1CCCC1=O. The lowest BCUT2D eigenvalue weighted by Crippen LogP contribution is -2.33. The summed E-state index contributed by atoms with van der Waals surface area (Å²) in [6.07, 6.45) is -0.0743. The van der Waals surface area contributed by atoms with Gasteiger partial charge in [0.15, 0.2) is 0 Å². The molecule has 1 aliphatic rings. The van der Waals surface area contributed by atoms with Crippen LogP contribution < -0.4 is 5.73 Å². The molecule has 0 aliphatic carbocycles. The number of likely N-dealkylation sites (tertiary alicyclic amines) is 1. The number of aliphatic hydroxyl groups is 1. The third-order valence-corrected chi connectivity index (χ3v) is 1.82. The molecule has 0 aromatic heterocycles. The van der Waals surface area contributed by atoms with Crippen molar-refractivity contribution in [1.82, 2.24) is 4.90 Å². The minimum atomic E-state index is -1.18. The van der Waals surface area contributed by atoms with Crippen LogP contribution in [-0.4, -0.2) is 57.4 Å². The lowest BCUT2D eigenvalue weighted by molar-refractivity contribution is -0.139. The molecule has 1 heterocycles. The van der Waals surface area contributed by atoms with Gasteiger partial charge in [-0.25, -0.2) is 9.69 Å². The van der Waals surface area contributed by atoms with E-state index in [0.29, 0.717) is 19.4 Å². The zero-order valence-corrected chi connectivity index (χ0v) is 8.50. The van der Waals surface area contributed by atoms with Gasteiger partial charge in [-0.1, -0.05) is 0 Å². The Morgan fingerprint density at radius 3 is 2.12 bits per heavy atom. The highest BCUT2D eigenvalue weighted by Gasteiger charge is 2.25. The Morgan fingerprint density at radius 2 is 2.00 bits per heavy atom. The molecule has 8 heteroatoms. The average Bonchev–Trinajstić information content (AvgIpc) is 2.64. The van der Waals surface area contributed by atoms with Crippen molar-refractivity contribution < 1.29 is 29.7 Å². The summed E-state index contributed by atoms with van der Waals surface area (Å²) >= 11 is 0. The number of rotatable bonds is 2. The van der Waals surface area contributed by atoms with Gasteiger partial charge < -0.3 is 21.1 Å². The number of carboxylic acids is 1. The number of hydrogen-bond donors (Lipinski definition) is 4. The summed E-state index contributed by atoms with van der Waals surface area (Å²) in [5.41, 5.74) is 4.77. The van der Waals surface area contributed by atoms with E-state index in [1.165, 1.54) is 0 Å². The van der Waals surface area contributed by atoms with E-state index in [1.54, 1.807) is 0 Å². The number of imide groups is 1. The van der Waals surface area contributed by atoms with Gasteiger partial charge in [-0.15, -0.1) is 0 Å². The van der Waals surface area contributed by atoms with E-state index in [1.807, 2.05) is 0 Å². The van der Waals surface area contributed by atoms with E-state index in [4.69, 9.17) is 21.1 Å². The lowest BCUT2D eigenvalue weighted by atomic mass is 10.3. The summed E-state index contributed by atoms with van der Waals surface area (Å²) in [6, 6.07) is -1.13. The maximum absolute atomic E-state index is 10.6. The number of carbonyl (C=O) groups is 3. The van der Waals surface area contributed by atoms with Crippen molar-refractivity contribution in [2.75, 3.05) is 13.2 Å². The van der Waals surface area contributed by atoms with Gasteiger partial charge in [-0.05, 0) is 6.42 Å². The second-order valence-electron chi connectivity index (χ2n) is 3.06. The van der Waals surface area contributed by atoms with E-state index in [-0.39, 0.29) is 5.91 Å². The molecule has 0 aromatic rings. The zero-order valence-electron chi connectivity index (χ0n) is 8.50. The van der Waals surface area contributed by atoms with Crippen LogP contribution >= 0.6 is 0 Å². The summed E-state index contributed by atoms with van der Waals surface area (Å²) in [5, 5.41) is 24.2. The van der Waals surface area contributed by atoms with Crippen LogP contribution in [0.1, 0.15) is 12.8 Å². The average molecular weight is 234 g/mol. The summed E-state index contributed by atoms with van der Waals surface area (Å²) in [5.74, 6) is -1.45. The Bertz CT molecular complexity index is 280. The quantitative estimate of drug-likeness (QED) is 0.464. The van der Waals surface area contributed by atoms with E-state index in [0.717, 1.165) is 4.90 Å². The molecule has 1 aliphatic heterocycles. The first-order valence-electron chi connectivity index (χ1n) is 4.52. The molecule has 1 fully saturated rings. The molecule has 1 rings (SSSR count). The molecule has 0 saturated carbocycles. The van der Waals surface area contributed by atoms with Gasteiger partial charge in [0, 0.05) is 13.0 Å². The Kier molecular flexibility index (Phi) is 6.04. The Balaban J connectivity index is 0.000000293. The number of aliphatic hydroxyl groups excluding tert-OH is 1. The number of aliphatic carboxylic acids is 1. The molecule has 16 heavy (non-hydrogen) atoms. The molecule has 1 atom stereocenters. The van der Waals surface area contributed by atoms with Crippen molar-refractivity contribution in [3.63, 3.8) is 0 Å². The van der Waals surface area contributed by atoms with E-state index < -0.39 is 24.7 Å². The van der Waals surface area contributed by atoms with Crippen LogP contribution in [0.4, 0.5) is 4.79 Å². The van der Waals surface area contributed by atoms with Crippen molar-refractivity contribution in [1.29, 1.82) is 0 Å². The largest absolute Gasteiger partial charge is 0.480 e. The van der Waals surface area contributed by atoms with Crippen molar-refractivity contribution in [2.24, 2.45) is 5.73 Å². The molecule has 1 saturated heterocycles. The number of nitrogens with zero attached hydrogens (tertiary/aromatic N) is 1. The van der Waals surface area contributed by atoms with Gasteiger partial charge in [0.25, 0.3) is 0 Å². The standard InChI is InChI=1S/C5H7NO3.C3H7NO3/c7-4-2-1-3-6(4)5(8)9;4-2(1-5)3(6)7/h1-3H2,(H,8,9);2,5H,1,4H2,(H,6,7). The van der Waals surface area contributed by atoms with Crippen molar-refractivity contribution >= 4 is 18.0 Å². The number of amides is 2. The smallest absolute Gasteiger partial charge is 0.414 e. The van der Waals surface area contributed by atoms with Gasteiger partial charge in [0.1, 0.15) is 6.04 Å². The first-order chi connectivity index (χ1) is 7.40. The van der Waals surface area contributed by atoms with Crippen LogP contribution in [0.5, 0.6) is 0 Å². The highest BCUT2D eigenvalue weighted by atomic mass is 16.4. The predicted octanol–water partition coefficient (Wildman–Crippen LogP) is -1.32. The number of nitrogens with two attached hydrogens (primary N) is 1. The fourth-order valence-electron chi connectivity index (χ4n) is 0.928. The highest BCUT2D eigenvalue weighted by Crippen LogP contribution is 2.08. The molecule has 0 bridgehead atoms. The topological polar surface area (TPSA) is 141 Å². The maximum atomic E-state index is 10.6. The van der Waals surface area contributed by atoms with Crippen LogP contribution in [0.15, 0.2) is 0 Å². The number of carbonyl (C=O) groups excluding carboxylic acids is 1. The van der Waals surface area contributed by atoms with Gasteiger partial charge in [-0.3, -0.25) is 9.59 Å². The minimum Gasteiger partial charge on any atom is -0.480 e. The second-order valence-corrected chi connectivity index (χ2v) is 3.06. The van der Waals surface area contributed by atoms with E-state index in [2.05, 4.69) is 0 Å². The fraction of sp³-hybridized carbons (Fsp3) is 0.625. The third kappa shape index (κ3) is 4.71. The number of hydrogen-bond acceptors (Lipinski definition) is 5. The molecular formula is C8H14N2O6. The molecule has 92 valence electrons. The van der Waals surface area contributed by atoms with E-state index in [9.17, 15) is 14.4 Å². The Labute approximate surface area is 91.3 Å². The first kappa shape index (κ1) is 14.3. The van der Waals surface area contributed by atoms with Crippen LogP contribution in [0, 0.1) is 0 Å². The lowest BCUT2D eigenvalue weighted by Gasteiger charge is -2.05. The Hall–Kier alpha value is -1.67. The molecular weight excluding hydrogens is 220 g/mol. The first-order valence-corrected chi connectivity index (χ1v) is 4.52. The molecule has 8 nitrogen and oxygen atoms in total. The van der Waals surface area contributed by atoms with Crippen LogP contribution in [0.3, 0.4) is 0 Å². The van der Waals surface area contributed by atoms with Gasteiger partial charge in [0.2, 0.25) is 5.91 Å². The Morgan fingerprint density at radius 1 is 1.44 bits per heavy atom. The minimum absolute atomic E-state index is 0.275. The summed E-state index contributed by atoms with van der Waals surface area (Å²) in [6.45, 7) is -0.135. The molecule has 2 amide bonds. The molecule has 1 unspecified atom stereocenters. The maximum Gasteiger partial charge on any atom is 0.414 e. The van der Waals surface area contributed by atoms with Gasteiger partial charge >= 0.3 is 12.1 Å². The summed E-state index contributed by atoms with van der Waals surface area (Å²) in [7, 11) is 0. The second kappa shape index (κ2) is 6.75.